The third-order valence-electron chi connectivity index (χ3n) is 5.03. The van der Waals surface area contributed by atoms with Crippen LogP contribution >= 0.6 is 11.6 Å². The lowest BCUT2D eigenvalue weighted by Gasteiger charge is -2.17. The quantitative estimate of drug-likeness (QED) is 0.895. The van der Waals surface area contributed by atoms with E-state index in [1.165, 1.54) is 0 Å². The molecule has 0 amide bonds. The molecule has 1 aromatic heterocycles. The highest BCUT2D eigenvalue weighted by Crippen LogP contribution is 2.67. The van der Waals surface area contributed by atoms with E-state index < -0.39 is 17.8 Å². The summed E-state index contributed by atoms with van der Waals surface area (Å²) in [7, 11) is 0. The molecule has 3 nitrogen and oxygen atoms in total. The third-order valence-corrected chi connectivity index (χ3v) is 5.28. The summed E-state index contributed by atoms with van der Waals surface area (Å²) in [5.41, 5.74) is 1.59. The lowest BCUT2D eigenvalue weighted by molar-refractivity contribution is 0.0693. The molecule has 0 aliphatic heterocycles. The lowest BCUT2D eigenvalue weighted by atomic mass is 9.92. The fourth-order valence-electron chi connectivity index (χ4n) is 3.83. The number of nitrogens with one attached hydrogen (secondary N) is 1. The standard InChI is InChI=1S/C17H15ClF2N2O/c1-8-21-15(10-6-12-13(7-10)17(12,19)20)14(16(23)22-8)9-2-4-11(18)5-3-9/h2-5,10,12-13H,6-7H2,1H3,(H,21,22,23)/t10-,12+,13-. The number of benzene rings is 1. The molecular weight excluding hydrogens is 322 g/mol. The number of rotatable bonds is 2. The second-order valence-corrected chi connectivity index (χ2v) is 6.91. The Hall–Kier alpha value is -1.75. The van der Waals surface area contributed by atoms with Crippen LogP contribution in [0.1, 0.15) is 30.3 Å². The SMILES string of the molecule is Cc1nc([C@H]2C[C@@H]3[C@H](C2)C3(F)F)c(-c2ccc(Cl)cc2)c(=O)[nH]1. The van der Waals surface area contributed by atoms with E-state index in [4.69, 9.17) is 11.6 Å². The highest BCUT2D eigenvalue weighted by Gasteiger charge is 2.71. The Labute approximate surface area is 136 Å². The number of aromatic amines is 1. The van der Waals surface area contributed by atoms with Crippen LogP contribution in [0, 0.1) is 18.8 Å². The monoisotopic (exact) mass is 336 g/mol. The summed E-state index contributed by atoms with van der Waals surface area (Å²) >= 11 is 5.90. The summed E-state index contributed by atoms with van der Waals surface area (Å²) < 4.78 is 26.9. The Morgan fingerprint density at radius 3 is 2.43 bits per heavy atom. The lowest BCUT2D eigenvalue weighted by Crippen LogP contribution is -2.19. The van der Waals surface area contributed by atoms with Gasteiger partial charge in [0.2, 0.25) is 0 Å². The number of alkyl halides is 2. The van der Waals surface area contributed by atoms with Crippen LogP contribution in [-0.2, 0) is 0 Å². The van der Waals surface area contributed by atoms with Gasteiger partial charge in [0.15, 0.2) is 0 Å². The van der Waals surface area contributed by atoms with Crippen LogP contribution in [-0.4, -0.2) is 15.9 Å². The van der Waals surface area contributed by atoms with Crippen molar-refractivity contribution in [1.29, 1.82) is 0 Å². The molecule has 2 aliphatic rings. The van der Waals surface area contributed by atoms with Gasteiger partial charge >= 0.3 is 0 Å². The minimum absolute atomic E-state index is 0.0868. The first-order valence-corrected chi connectivity index (χ1v) is 8.00. The van der Waals surface area contributed by atoms with E-state index in [1.54, 1.807) is 31.2 Å². The van der Waals surface area contributed by atoms with Crippen molar-refractivity contribution in [1.82, 2.24) is 9.97 Å². The highest BCUT2D eigenvalue weighted by atomic mass is 35.5. The maximum Gasteiger partial charge on any atom is 0.259 e. The van der Waals surface area contributed by atoms with Crippen LogP contribution in [0.15, 0.2) is 29.1 Å². The normalized spacial score (nSPS) is 27.7. The number of aromatic nitrogens is 2. The highest BCUT2D eigenvalue weighted by molar-refractivity contribution is 6.30. The first-order chi connectivity index (χ1) is 10.9. The molecule has 2 fully saturated rings. The van der Waals surface area contributed by atoms with E-state index in [2.05, 4.69) is 9.97 Å². The van der Waals surface area contributed by atoms with Crippen molar-refractivity contribution in [3.63, 3.8) is 0 Å². The summed E-state index contributed by atoms with van der Waals surface area (Å²) in [4.78, 5) is 19.6. The van der Waals surface area contributed by atoms with Gasteiger partial charge in [-0.1, -0.05) is 23.7 Å². The van der Waals surface area contributed by atoms with Crippen molar-refractivity contribution in [2.24, 2.45) is 11.8 Å². The number of fused-ring (bicyclic) bond motifs is 1. The number of hydrogen-bond donors (Lipinski definition) is 1. The second-order valence-electron chi connectivity index (χ2n) is 6.47. The minimum atomic E-state index is -2.52. The predicted octanol–water partition coefficient (Wildman–Crippen LogP) is 4.16. The van der Waals surface area contributed by atoms with Gasteiger partial charge in [-0.3, -0.25) is 4.79 Å². The van der Waals surface area contributed by atoms with Crippen LogP contribution in [0.25, 0.3) is 11.1 Å². The molecule has 0 unspecified atom stereocenters. The van der Waals surface area contributed by atoms with Crippen molar-refractivity contribution in [2.45, 2.75) is 31.6 Å². The van der Waals surface area contributed by atoms with Gasteiger partial charge in [0.1, 0.15) is 5.82 Å². The van der Waals surface area contributed by atoms with Gasteiger partial charge in [0.25, 0.3) is 11.5 Å². The summed E-state index contributed by atoms with van der Waals surface area (Å²) in [5.74, 6) is -3.20. The first-order valence-electron chi connectivity index (χ1n) is 7.62. The number of aryl methyl sites for hydroxylation is 1. The fraction of sp³-hybridized carbons (Fsp3) is 0.412. The van der Waals surface area contributed by atoms with Gasteiger partial charge in [-0.2, -0.15) is 0 Å². The molecular formula is C17H15ClF2N2O. The Bertz CT molecular complexity index is 817. The van der Waals surface area contributed by atoms with Gasteiger partial charge < -0.3 is 4.98 Å². The molecule has 1 N–H and O–H groups in total. The maximum atomic E-state index is 13.5. The molecule has 4 rings (SSSR count). The van der Waals surface area contributed by atoms with Crippen molar-refractivity contribution in [3.05, 3.63) is 51.2 Å². The number of hydrogen-bond acceptors (Lipinski definition) is 2. The van der Waals surface area contributed by atoms with E-state index in [0.717, 1.165) is 0 Å². The maximum absolute atomic E-state index is 13.5. The van der Waals surface area contributed by atoms with E-state index in [1.807, 2.05) is 0 Å². The third kappa shape index (κ3) is 2.29. The van der Waals surface area contributed by atoms with E-state index in [-0.39, 0.29) is 11.5 Å². The Kier molecular flexibility index (Phi) is 3.14. The Morgan fingerprint density at radius 2 is 1.83 bits per heavy atom. The molecule has 1 aromatic carbocycles. The van der Waals surface area contributed by atoms with Crippen LogP contribution < -0.4 is 5.56 Å². The molecule has 2 saturated carbocycles. The van der Waals surface area contributed by atoms with Gasteiger partial charge in [0, 0.05) is 22.8 Å². The summed E-state index contributed by atoms with van der Waals surface area (Å²) in [5, 5.41) is 0.577. The second kappa shape index (κ2) is 4.87. The average molecular weight is 337 g/mol. The predicted molar refractivity (Wildman–Crippen MR) is 83.9 cm³/mol. The molecule has 2 aromatic rings. The molecule has 6 heteroatoms. The van der Waals surface area contributed by atoms with Gasteiger partial charge in [0.05, 0.1) is 11.3 Å². The molecule has 0 saturated heterocycles. The molecule has 0 bridgehead atoms. The van der Waals surface area contributed by atoms with Crippen molar-refractivity contribution in [3.8, 4) is 11.1 Å². The Morgan fingerprint density at radius 1 is 1.22 bits per heavy atom. The van der Waals surface area contributed by atoms with Crippen LogP contribution in [0.5, 0.6) is 0 Å². The molecule has 3 atom stereocenters. The van der Waals surface area contributed by atoms with Gasteiger partial charge in [-0.25, -0.2) is 13.8 Å². The average Bonchev–Trinajstić information content (AvgIpc) is 2.87. The van der Waals surface area contributed by atoms with Gasteiger partial charge in [-0.05, 0) is 37.5 Å². The molecule has 23 heavy (non-hydrogen) atoms. The molecule has 0 radical (unpaired) electrons. The number of nitrogens with zero attached hydrogens (tertiary/aromatic N) is 1. The zero-order chi connectivity index (χ0) is 16.4. The number of H-pyrrole nitrogens is 1. The molecule has 0 spiro atoms. The molecule has 120 valence electrons. The minimum Gasteiger partial charge on any atom is -0.310 e. The topological polar surface area (TPSA) is 45.8 Å². The fourth-order valence-corrected chi connectivity index (χ4v) is 3.96. The van der Waals surface area contributed by atoms with Crippen LogP contribution in [0.3, 0.4) is 0 Å². The van der Waals surface area contributed by atoms with E-state index >= 15 is 0 Å². The zero-order valence-electron chi connectivity index (χ0n) is 12.4. The number of halogens is 3. The molecule has 2 aliphatic carbocycles. The largest absolute Gasteiger partial charge is 0.310 e. The van der Waals surface area contributed by atoms with Crippen LogP contribution in [0.2, 0.25) is 5.02 Å². The summed E-state index contributed by atoms with van der Waals surface area (Å²) in [6.45, 7) is 1.71. The van der Waals surface area contributed by atoms with Crippen molar-refractivity contribution in [2.75, 3.05) is 0 Å². The zero-order valence-corrected chi connectivity index (χ0v) is 13.2. The van der Waals surface area contributed by atoms with Gasteiger partial charge in [-0.15, -0.1) is 0 Å². The van der Waals surface area contributed by atoms with E-state index in [9.17, 15) is 13.6 Å². The first kappa shape index (κ1) is 14.8. The van der Waals surface area contributed by atoms with Crippen LogP contribution in [0.4, 0.5) is 8.78 Å². The smallest absolute Gasteiger partial charge is 0.259 e. The van der Waals surface area contributed by atoms with E-state index in [0.29, 0.717) is 40.5 Å². The summed E-state index contributed by atoms with van der Waals surface area (Å²) in [6, 6.07) is 6.94. The molecule has 1 heterocycles. The Balaban J connectivity index is 1.78. The van der Waals surface area contributed by atoms with Crippen molar-refractivity contribution >= 4 is 11.6 Å². The summed E-state index contributed by atoms with van der Waals surface area (Å²) in [6.07, 6.45) is 0.794. The van der Waals surface area contributed by atoms with Crippen molar-refractivity contribution < 1.29 is 8.78 Å².